The van der Waals surface area contributed by atoms with Gasteiger partial charge < -0.3 is 15.1 Å². The molecular formula is C20H27N3O3. The van der Waals surface area contributed by atoms with Crippen molar-refractivity contribution in [1.29, 1.82) is 0 Å². The molecule has 140 valence electrons. The van der Waals surface area contributed by atoms with E-state index in [1.807, 2.05) is 30.3 Å². The largest absolute Gasteiger partial charge is 0.341 e. The number of anilines is 1. The van der Waals surface area contributed by atoms with Crippen LogP contribution >= 0.6 is 0 Å². The quantitative estimate of drug-likeness (QED) is 0.899. The van der Waals surface area contributed by atoms with E-state index in [-0.39, 0.29) is 30.2 Å². The topological polar surface area (TPSA) is 69.7 Å². The maximum absolute atomic E-state index is 12.5. The number of para-hydroxylation sites is 1. The predicted octanol–water partition coefficient (Wildman–Crippen LogP) is 2.27. The highest BCUT2D eigenvalue weighted by Crippen LogP contribution is 2.20. The molecule has 0 spiro atoms. The Hall–Kier alpha value is -2.37. The molecule has 0 aromatic heterocycles. The summed E-state index contributed by atoms with van der Waals surface area (Å²) < 4.78 is 0. The molecule has 26 heavy (non-hydrogen) atoms. The second-order valence-corrected chi connectivity index (χ2v) is 7.14. The van der Waals surface area contributed by atoms with Crippen molar-refractivity contribution < 1.29 is 14.4 Å². The Morgan fingerprint density at radius 2 is 1.73 bits per heavy atom. The van der Waals surface area contributed by atoms with Crippen molar-refractivity contribution in [3.05, 3.63) is 30.3 Å². The summed E-state index contributed by atoms with van der Waals surface area (Å²) in [5.74, 6) is 0.0419. The minimum absolute atomic E-state index is 0.00201. The van der Waals surface area contributed by atoms with Crippen molar-refractivity contribution in [1.82, 2.24) is 9.80 Å². The van der Waals surface area contributed by atoms with E-state index < -0.39 is 0 Å². The number of nitrogens with one attached hydrogen (secondary N) is 1. The Balaban J connectivity index is 1.46. The van der Waals surface area contributed by atoms with Crippen LogP contribution < -0.4 is 5.32 Å². The standard InChI is InChI=1S/C20H27N3O3/c24-18-9-5-2-6-12-23(18)15-19(25)22-13-10-16(11-14-22)20(26)21-17-7-3-1-4-8-17/h1,3-4,7-8,16H,2,5-6,9-15H2,(H,21,26). The molecule has 1 aromatic rings. The average molecular weight is 357 g/mol. The number of amides is 3. The first-order valence-electron chi connectivity index (χ1n) is 9.55. The smallest absolute Gasteiger partial charge is 0.242 e. The van der Waals surface area contributed by atoms with Gasteiger partial charge in [0.1, 0.15) is 0 Å². The van der Waals surface area contributed by atoms with E-state index in [0.717, 1.165) is 24.9 Å². The highest BCUT2D eigenvalue weighted by molar-refractivity contribution is 5.92. The summed E-state index contributed by atoms with van der Waals surface area (Å²) in [7, 11) is 0. The normalized spacial score (nSPS) is 19.2. The van der Waals surface area contributed by atoms with Gasteiger partial charge in [0.25, 0.3) is 0 Å². The van der Waals surface area contributed by atoms with Gasteiger partial charge in [-0.15, -0.1) is 0 Å². The molecule has 0 bridgehead atoms. The van der Waals surface area contributed by atoms with Gasteiger partial charge in [0, 0.05) is 37.7 Å². The lowest BCUT2D eigenvalue weighted by Crippen LogP contribution is -2.46. The number of likely N-dealkylation sites (tertiary alicyclic amines) is 2. The average Bonchev–Trinajstić information content (AvgIpc) is 2.87. The monoisotopic (exact) mass is 357 g/mol. The lowest BCUT2D eigenvalue weighted by atomic mass is 9.95. The molecule has 0 saturated carbocycles. The third-order valence-electron chi connectivity index (χ3n) is 5.26. The highest BCUT2D eigenvalue weighted by Gasteiger charge is 2.29. The van der Waals surface area contributed by atoms with Gasteiger partial charge in [-0.1, -0.05) is 24.6 Å². The van der Waals surface area contributed by atoms with Crippen LogP contribution in [0.5, 0.6) is 0 Å². The van der Waals surface area contributed by atoms with Crippen LogP contribution in [0.25, 0.3) is 0 Å². The van der Waals surface area contributed by atoms with Gasteiger partial charge in [-0.3, -0.25) is 14.4 Å². The molecule has 2 saturated heterocycles. The fourth-order valence-electron chi connectivity index (χ4n) is 3.63. The molecule has 3 amide bonds. The summed E-state index contributed by atoms with van der Waals surface area (Å²) in [5, 5.41) is 2.94. The molecule has 0 aliphatic carbocycles. The van der Waals surface area contributed by atoms with E-state index >= 15 is 0 Å². The molecule has 2 heterocycles. The Bertz CT molecular complexity index is 639. The van der Waals surface area contributed by atoms with E-state index in [4.69, 9.17) is 0 Å². The summed E-state index contributed by atoms with van der Waals surface area (Å²) in [6, 6.07) is 9.43. The third kappa shape index (κ3) is 4.84. The molecule has 1 N–H and O–H groups in total. The van der Waals surface area contributed by atoms with Crippen LogP contribution in [0.1, 0.15) is 38.5 Å². The Morgan fingerprint density at radius 1 is 1.00 bits per heavy atom. The van der Waals surface area contributed by atoms with Crippen molar-refractivity contribution in [2.75, 3.05) is 31.5 Å². The van der Waals surface area contributed by atoms with Crippen molar-refractivity contribution in [3.63, 3.8) is 0 Å². The van der Waals surface area contributed by atoms with E-state index in [1.54, 1.807) is 9.80 Å². The maximum atomic E-state index is 12.5. The number of carbonyl (C=O) groups excluding carboxylic acids is 3. The fraction of sp³-hybridized carbons (Fsp3) is 0.550. The molecule has 2 fully saturated rings. The number of hydrogen-bond acceptors (Lipinski definition) is 3. The Labute approximate surface area is 154 Å². The number of piperidine rings is 1. The number of benzene rings is 1. The number of nitrogens with zero attached hydrogens (tertiary/aromatic N) is 2. The minimum Gasteiger partial charge on any atom is -0.341 e. The summed E-state index contributed by atoms with van der Waals surface area (Å²) in [6.07, 6.45) is 4.83. The van der Waals surface area contributed by atoms with Crippen LogP contribution in [0.4, 0.5) is 5.69 Å². The van der Waals surface area contributed by atoms with Crippen molar-refractivity contribution in [2.24, 2.45) is 5.92 Å². The predicted molar refractivity (Wildman–Crippen MR) is 99.4 cm³/mol. The summed E-state index contributed by atoms with van der Waals surface area (Å²) >= 11 is 0. The molecule has 0 radical (unpaired) electrons. The van der Waals surface area contributed by atoms with Crippen LogP contribution in [0.2, 0.25) is 0 Å². The highest BCUT2D eigenvalue weighted by atomic mass is 16.2. The molecule has 2 aliphatic rings. The van der Waals surface area contributed by atoms with Crippen LogP contribution in [0, 0.1) is 5.92 Å². The van der Waals surface area contributed by atoms with Gasteiger partial charge in [0.05, 0.1) is 6.54 Å². The second-order valence-electron chi connectivity index (χ2n) is 7.14. The molecule has 3 rings (SSSR count). The summed E-state index contributed by atoms with van der Waals surface area (Å²) in [5.41, 5.74) is 0.802. The van der Waals surface area contributed by atoms with E-state index in [1.165, 1.54) is 0 Å². The molecular weight excluding hydrogens is 330 g/mol. The third-order valence-corrected chi connectivity index (χ3v) is 5.26. The Kier molecular flexibility index (Phi) is 6.26. The number of carbonyl (C=O) groups is 3. The zero-order chi connectivity index (χ0) is 18.4. The van der Waals surface area contributed by atoms with Gasteiger partial charge in [-0.25, -0.2) is 0 Å². The molecule has 6 nitrogen and oxygen atoms in total. The van der Waals surface area contributed by atoms with Crippen LogP contribution in [0.15, 0.2) is 30.3 Å². The van der Waals surface area contributed by atoms with Gasteiger partial charge in [-0.05, 0) is 37.8 Å². The Morgan fingerprint density at radius 3 is 2.46 bits per heavy atom. The van der Waals surface area contributed by atoms with Crippen LogP contribution in [0.3, 0.4) is 0 Å². The molecule has 0 atom stereocenters. The zero-order valence-corrected chi connectivity index (χ0v) is 15.2. The molecule has 2 aliphatic heterocycles. The first kappa shape index (κ1) is 18.4. The maximum Gasteiger partial charge on any atom is 0.242 e. The number of rotatable bonds is 4. The van der Waals surface area contributed by atoms with E-state index in [9.17, 15) is 14.4 Å². The van der Waals surface area contributed by atoms with Gasteiger partial charge >= 0.3 is 0 Å². The van der Waals surface area contributed by atoms with Crippen molar-refractivity contribution >= 4 is 23.4 Å². The van der Waals surface area contributed by atoms with Gasteiger partial charge in [0.15, 0.2) is 0 Å². The zero-order valence-electron chi connectivity index (χ0n) is 15.2. The molecule has 6 heteroatoms. The fourth-order valence-corrected chi connectivity index (χ4v) is 3.63. The first-order valence-corrected chi connectivity index (χ1v) is 9.55. The van der Waals surface area contributed by atoms with Crippen LogP contribution in [-0.2, 0) is 14.4 Å². The van der Waals surface area contributed by atoms with Crippen LogP contribution in [-0.4, -0.2) is 53.7 Å². The molecule has 1 aromatic carbocycles. The lowest BCUT2D eigenvalue weighted by molar-refractivity contribution is -0.141. The SMILES string of the molecule is O=C(Nc1ccccc1)C1CCN(C(=O)CN2CCCCCC2=O)CC1. The van der Waals surface area contributed by atoms with Crippen molar-refractivity contribution in [2.45, 2.75) is 38.5 Å². The number of hydrogen-bond donors (Lipinski definition) is 1. The first-order chi connectivity index (χ1) is 12.6. The second kappa shape index (κ2) is 8.83. The van der Waals surface area contributed by atoms with Gasteiger partial charge in [-0.2, -0.15) is 0 Å². The van der Waals surface area contributed by atoms with E-state index in [2.05, 4.69) is 5.32 Å². The summed E-state index contributed by atoms with van der Waals surface area (Å²) in [4.78, 5) is 40.4. The van der Waals surface area contributed by atoms with E-state index in [0.29, 0.717) is 38.9 Å². The lowest BCUT2D eigenvalue weighted by Gasteiger charge is -2.33. The minimum atomic E-state index is -0.0703. The van der Waals surface area contributed by atoms with Gasteiger partial charge in [0.2, 0.25) is 17.7 Å². The summed E-state index contributed by atoms with van der Waals surface area (Å²) in [6.45, 7) is 2.02. The molecule has 0 unspecified atom stereocenters. The van der Waals surface area contributed by atoms with Crippen molar-refractivity contribution in [3.8, 4) is 0 Å².